The molecule has 0 saturated heterocycles. The number of amides is 2. The van der Waals surface area contributed by atoms with Crippen LogP contribution in [0.1, 0.15) is 18.9 Å². The van der Waals surface area contributed by atoms with E-state index in [0.717, 1.165) is 0 Å². The summed E-state index contributed by atoms with van der Waals surface area (Å²) in [6, 6.07) is 4.67. The van der Waals surface area contributed by atoms with Crippen molar-refractivity contribution in [2.75, 3.05) is 26.9 Å². The van der Waals surface area contributed by atoms with E-state index in [4.69, 9.17) is 9.47 Å². The van der Waals surface area contributed by atoms with E-state index >= 15 is 0 Å². The molecule has 0 aliphatic heterocycles. The van der Waals surface area contributed by atoms with Gasteiger partial charge in [0.05, 0.1) is 19.4 Å². The van der Waals surface area contributed by atoms with Crippen molar-refractivity contribution in [3.8, 4) is 11.5 Å². The molecule has 0 saturated carbocycles. The smallest absolute Gasteiger partial charge is 0.249 e. The fraction of sp³-hybridized carbons (Fsp3) is 0.400. The highest BCUT2D eigenvalue weighted by Gasteiger charge is 2.07. The number of hydrazone groups is 1. The Morgan fingerprint density at radius 1 is 1.35 bits per heavy atom. The third-order valence-electron chi connectivity index (χ3n) is 2.64. The van der Waals surface area contributed by atoms with Gasteiger partial charge in [0, 0.05) is 13.7 Å². The number of hydrogen-bond donors (Lipinski definition) is 3. The van der Waals surface area contributed by atoms with Gasteiger partial charge in [0.2, 0.25) is 11.8 Å². The summed E-state index contributed by atoms with van der Waals surface area (Å²) in [6.07, 6.45) is 1.07. The number of aromatic hydroxyl groups is 1. The van der Waals surface area contributed by atoms with Gasteiger partial charge < -0.3 is 19.9 Å². The Bertz CT molecular complexity index is 560. The SMILES string of the molecule is CCOc1cc(/C=N\NC(=O)CC(=O)NCCOC)ccc1O. The molecule has 23 heavy (non-hydrogen) atoms. The zero-order valence-electron chi connectivity index (χ0n) is 13.2. The minimum atomic E-state index is -0.528. The molecule has 0 aliphatic carbocycles. The Morgan fingerprint density at radius 2 is 2.13 bits per heavy atom. The molecule has 0 bridgehead atoms. The molecule has 126 valence electrons. The van der Waals surface area contributed by atoms with Gasteiger partial charge in [-0.05, 0) is 30.7 Å². The molecular formula is C15H21N3O5. The molecular weight excluding hydrogens is 302 g/mol. The highest BCUT2D eigenvalue weighted by molar-refractivity contribution is 5.97. The predicted octanol–water partition coefficient (Wildman–Crippen LogP) is 0.394. The zero-order valence-corrected chi connectivity index (χ0v) is 13.2. The number of rotatable bonds is 9. The first-order chi connectivity index (χ1) is 11.1. The van der Waals surface area contributed by atoms with Crippen LogP contribution in [0.3, 0.4) is 0 Å². The molecule has 8 heteroatoms. The average Bonchev–Trinajstić information content (AvgIpc) is 2.51. The number of methoxy groups -OCH3 is 1. The summed E-state index contributed by atoms with van der Waals surface area (Å²) in [7, 11) is 1.52. The van der Waals surface area contributed by atoms with Crippen LogP contribution < -0.4 is 15.5 Å². The van der Waals surface area contributed by atoms with Gasteiger partial charge in [0.1, 0.15) is 6.42 Å². The Kier molecular flexibility index (Phi) is 8.16. The summed E-state index contributed by atoms with van der Waals surface area (Å²) >= 11 is 0. The van der Waals surface area contributed by atoms with Crippen molar-refractivity contribution in [2.45, 2.75) is 13.3 Å². The normalized spacial score (nSPS) is 10.5. The maximum absolute atomic E-state index is 11.5. The summed E-state index contributed by atoms with van der Waals surface area (Å²) in [5, 5.41) is 15.9. The van der Waals surface area contributed by atoms with Crippen LogP contribution >= 0.6 is 0 Å². The summed E-state index contributed by atoms with van der Waals surface area (Å²) in [4.78, 5) is 22.9. The number of ether oxygens (including phenoxy) is 2. The van der Waals surface area contributed by atoms with Gasteiger partial charge in [-0.2, -0.15) is 5.10 Å². The van der Waals surface area contributed by atoms with E-state index in [1.165, 1.54) is 19.4 Å². The molecule has 0 atom stereocenters. The van der Waals surface area contributed by atoms with Crippen molar-refractivity contribution >= 4 is 18.0 Å². The topological polar surface area (TPSA) is 109 Å². The maximum Gasteiger partial charge on any atom is 0.249 e. The fourth-order valence-corrected chi connectivity index (χ4v) is 1.60. The van der Waals surface area contributed by atoms with Crippen molar-refractivity contribution < 1.29 is 24.2 Å². The molecule has 0 spiro atoms. The number of carbonyl (C=O) groups excluding carboxylic acids is 2. The first-order valence-corrected chi connectivity index (χ1v) is 7.10. The number of nitrogens with zero attached hydrogens (tertiary/aromatic N) is 1. The number of carbonyl (C=O) groups is 2. The fourth-order valence-electron chi connectivity index (χ4n) is 1.60. The number of nitrogens with one attached hydrogen (secondary N) is 2. The molecule has 2 amide bonds. The van der Waals surface area contributed by atoms with Gasteiger partial charge in [-0.25, -0.2) is 5.43 Å². The van der Waals surface area contributed by atoms with Gasteiger partial charge in [0.15, 0.2) is 11.5 Å². The maximum atomic E-state index is 11.5. The molecule has 0 fully saturated rings. The number of hydrogen-bond acceptors (Lipinski definition) is 6. The second-order valence-corrected chi connectivity index (χ2v) is 4.47. The second kappa shape index (κ2) is 10.2. The monoisotopic (exact) mass is 323 g/mol. The molecule has 8 nitrogen and oxygen atoms in total. The summed E-state index contributed by atoms with van der Waals surface area (Å²) in [5.41, 5.74) is 2.89. The summed E-state index contributed by atoms with van der Waals surface area (Å²) < 4.78 is 10.0. The lowest BCUT2D eigenvalue weighted by atomic mass is 10.2. The van der Waals surface area contributed by atoms with Gasteiger partial charge in [-0.1, -0.05) is 0 Å². The van der Waals surface area contributed by atoms with Crippen molar-refractivity contribution in [3.05, 3.63) is 23.8 Å². The Labute approximate surface area is 134 Å². The van der Waals surface area contributed by atoms with Crippen LogP contribution in [-0.2, 0) is 14.3 Å². The van der Waals surface area contributed by atoms with Crippen molar-refractivity contribution in [2.24, 2.45) is 5.10 Å². The van der Waals surface area contributed by atoms with Crippen LogP contribution in [0.2, 0.25) is 0 Å². The largest absolute Gasteiger partial charge is 0.504 e. The summed E-state index contributed by atoms with van der Waals surface area (Å²) in [6.45, 7) is 2.95. The van der Waals surface area contributed by atoms with Crippen LogP contribution in [0.4, 0.5) is 0 Å². The molecule has 0 heterocycles. The molecule has 1 aromatic rings. The first-order valence-electron chi connectivity index (χ1n) is 7.10. The molecule has 1 aromatic carbocycles. The van der Waals surface area contributed by atoms with Crippen molar-refractivity contribution in [1.29, 1.82) is 0 Å². The second-order valence-electron chi connectivity index (χ2n) is 4.47. The standard InChI is InChI=1S/C15H21N3O5/c1-3-23-13-8-11(4-5-12(13)19)10-17-18-15(21)9-14(20)16-6-7-22-2/h4-5,8,10,19H,3,6-7,9H2,1-2H3,(H,16,20)(H,18,21)/b17-10-. The lowest BCUT2D eigenvalue weighted by Crippen LogP contribution is -2.31. The third-order valence-corrected chi connectivity index (χ3v) is 2.64. The van der Waals surface area contributed by atoms with Crippen LogP contribution in [0.25, 0.3) is 0 Å². The van der Waals surface area contributed by atoms with Gasteiger partial charge in [-0.3, -0.25) is 9.59 Å². The molecule has 0 aliphatic rings. The highest BCUT2D eigenvalue weighted by Crippen LogP contribution is 2.26. The lowest BCUT2D eigenvalue weighted by molar-refractivity contribution is -0.129. The van der Waals surface area contributed by atoms with E-state index < -0.39 is 11.8 Å². The van der Waals surface area contributed by atoms with Crippen LogP contribution in [0.15, 0.2) is 23.3 Å². The van der Waals surface area contributed by atoms with E-state index in [0.29, 0.717) is 31.1 Å². The molecule has 0 unspecified atom stereocenters. The predicted molar refractivity (Wildman–Crippen MR) is 84.5 cm³/mol. The van der Waals surface area contributed by atoms with Crippen LogP contribution in [0.5, 0.6) is 11.5 Å². The van der Waals surface area contributed by atoms with Crippen LogP contribution in [-0.4, -0.2) is 50.0 Å². The Hall–Kier alpha value is -2.61. The van der Waals surface area contributed by atoms with Crippen molar-refractivity contribution in [3.63, 3.8) is 0 Å². The van der Waals surface area contributed by atoms with Crippen molar-refractivity contribution in [1.82, 2.24) is 10.7 Å². The minimum Gasteiger partial charge on any atom is -0.504 e. The quantitative estimate of drug-likeness (QED) is 0.264. The lowest BCUT2D eigenvalue weighted by Gasteiger charge is -2.06. The van der Waals surface area contributed by atoms with Crippen LogP contribution in [0, 0.1) is 0 Å². The number of phenols is 1. The molecule has 0 aromatic heterocycles. The zero-order chi connectivity index (χ0) is 17.1. The first kappa shape index (κ1) is 18.4. The van der Waals surface area contributed by atoms with Gasteiger partial charge in [-0.15, -0.1) is 0 Å². The molecule has 3 N–H and O–H groups in total. The van der Waals surface area contributed by atoms with E-state index in [9.17, 15) is 14.7 Å². The van der Waals surface area contributed by atoms with Gasteiger partial charge in [0.25, 0.3) is 0 Å². The van der Waals surface area contributed by atoms with E-state index in [1.54, 1.807) is 19.1 Å². The van der Waals surface area contributed by atoms with E-state index in [2.05, 4.69) is 15.8 Å². The van der Waals surface area contributed by atoms with Gasteiger partial charge >= 0.3 is 0 Å². The van der Waals surface area contributed by atoms with E-state index in [1.807, 2.05) is 0 Å². The average molecular weight is 323 g/mol. The summed E-state index contributed by atoms with van der Waals surface area (Å²) in [5.74, 6) is -0.570. The number of benzene rings is 1. The third kappa shape index (κ3) is 7.28. The molecule has 0 radical (unpaired) electrons. The van der Waals surface area contributed by atoms with E-state index in [-0.39, 0.29) is 12.2 Å². The Morgan fingerprint density at radius 3 is 2.83 bits per heavy atom. The molecule has 1 rings (SSSR count). The highest BCUT2D eigenvalue weighted by atomic mass is 16.5. The minimum absolute atomic E-state index is 0.0285. The Balaban J connectivity index is 2.44. The number of phenolic OH excluding ortho intramolecular Hbond substituents is 1.